The number of nitrogens with zero attached hydrogens (tertiary/aromatic N) is 3. The maximum Gasteiger partial charge on any atom is 0.123 e. The first kappa shape index (κ1) is 20.0. The van der Waals surface area contributed by atoms with Crippen molar-refractivity contribution in [3.05, 3.63) is 52.9 Å². The highest BCUT2D eigenvalue weighted by molar-refractivity contribution is 5.16. The quantitative estimate of drug-likeness (QED) is 0.765. The number of rotatable bonds is 8. The van der Waals surface area contributed by atoms with E-state index in [0.717, 1.165) is 44.8 Å². The van der Waals surface area contributed by atoms with Crippen molar-refractivity contribution in [3.8, 4) is 0 Å². The Balaban J connectivity index is 1.45. The second kappa shape index (κ2) is 9.47. The van der Waals surface area contributed by atoms with E-state index in [1.807, 2.05) is 12.1 Å². The van der Waals surface area contributed by atoms with E-state index in [-0.39, 0.29) is 5.82 Å². The van der Waals surface area contributed by atoms with Crippen LogP contribution in [0.5, 0.6) is 0 Å². The van der Waals surface area contributed by atoms with E-state index in [2.05, 4.69) is 35.7 Å². The Morgan fingerprint density at radius 3 is 2.78 bits per heavy atom. The molecule has 1 fully saturated rings. The molecule has 0 amide bonds. The number of aromatic nitrogens is 2. The van der Waals surface area contributed by atoms with E-state index in [9.17, 15) is 4.39 Å². The molecule has 1 saturated heterocycles. The Bertz CT molecular complexity index is 710. The van der Waals surface area contributed by atoms with Crippen molar-refractivity contribution in [3.63, 3.8) is 0 Å². The van der Waals surface area contributed by atoms with Crippen LogP contribution in [0.4, 0.5) is 4.39 Å². The number of aromatic amines is 1. The SMILES string of the molecule is CCc1nc(CN(C)C[C@@H]2CCCN(CCc3ccc(F)cc3)C2)c(C)[nH]1. The fourth-order valence-corrected chi connectivity index (χ4v) is 4.09. The lowest BCUT2D eigenvalue weighted by Gasteiger charge is -2.34. The topological polar surface area (TPSA) is 35.2 Å². The predicted molar refractivity (Wildman–Crippen MR) is 108 cm³/mol. The average molecular weight is 373 g/mol. The molecule has 4 nitrogen and oxygen atoms in total. The summed E-state index contributed by atoms with van der Waals surface area (Å²) in [5.41, 5.74) is 3.60. The third-order valence-corrected chi connectivity index (χ3v) is 5.59. The molecular weight excluding hydrogens is 339 g/mol. The highest BCUT2D eigenvalue weighted by Crippen LogP contribution is 2.19. The highest BCUT2D eigenvalue weighted by Gasteiger charge is 2.21. The van der Waals surface area contributed by atoms with Gasteiger partial charge in [0, 0.05) is 38.3 Å². The van der Waals surface area contributed by atoms with Crippen molar-refractivity contribution in [1.29, 1.82) is 0 Å². The molecule has 1 N–H and O–H groups in total. The number of benzene rings is 1. The molecule has 0 bridgehead atoms. The number of imidazole rings is 1. The standard InChI is InChI=1S/C22H33FN4/c1-4-22-24-17(2)21(25-22)16-26(3)14-19-6-5-12-27(15-19)13-11-18-7-9-20(23)10-8-18/h7-10,19H,4-6,11-16H2,1-3H3,(H,24,25)/t19-/m0/s1. The Morgan fingerprint density at radius 2 is 2.07 bits per heavy atom. The van der Waals surface area contributed by atoms with E-state index in [1.165, 1.54) is 36.3 Å². The summed E-state index contributed by atoms with van der Waals surface area (Å²) >= 11 is 0. The molecule has 3 rings (SSSR count). The lowest BCUT2D eigenvalue weighted by atomic mass is 9.97. The number of hydrogen-bond acceptors (Lipinski definition) is 3. The number of piperidine rings is 1. The zero-order valence-electron chi connectivity index (χ0n) is 17.0. The van der Waals surface area contributed by atoms with Crippen molar-refractivity contribution < 1.29 is 4.39 Å². The van der Waals surface area contributed by atoms with Crippen LogP contribution in [-0.4, -0.2) is 53.0 Å². The minimum Gasteiger partial charge on any atom is -0.346 e. The Kier molecular flexibility index (Phi) is 7.02. The van der Waals surface area contributed by atoms with Crippen LogP contribution in [0.15, 0.2) is 24.3 Å². The summed E-state index contributed by atoms with van der Waals surface area (Å²) < 4.78 is 13.0. The molecule has 1 aliphatic rings. The zero-order chi connectivity index (χ0) is 19.2. The molecule has 2 heterocycles. The molecule has 1 aromatic heterocycles. The van der Waals surface area contributed by atoms with Crippen LogP contribution in [0.2, 0.25) is 0 Å². The van der Waals surface area contributed by atoms with Gasteiger partial charge >= 0.3 is 0 Å². The summed E-state index contributed by atoms with van der Waals surface area (Å²) in [6, 6.07) is 6.93. The van der Waals surface area contributed by atoms with Crippen molar-refractivity contribution in [2.45, 2.75) is 46.1 Å². The van der Waals surface area contributed by atoms with Gasteiger partial charge in [-0.15, -0.1) is 0 Å². The highest BCUT2D eigenvalue weighted by atomic mass is 19.1. The first-order chi connectivity index (χ1) is 13.0. The Hall–Kier alpha value is -1.72. The summed E-state index contributed by atoms with van der Waals surface area (Å²) in [7, 11) is 2.21. The van der Waals surface area contributed by atoms with Crippen LogP contribution in [-0.2, 0) is 19.4 Å². The second-order valence-electron chi connectivity index (χ2n) is 7.99. The largest absolute Gasteiger partial charge is 0.346 e. The van der Waals surface area contributed by atoms with Gasteiger partial charge in [-0.25, -0.2) is 9.37 Å². The molecule has 27 heavy (non-hydrogen) atoms. The van der Waals surface area contributed by atoms with Gasteiger partial charge in [0.05, 0.1) is 5.69 Å². The van der Waals surface area contributed by atoms with Gasteiger partial charge in [-0.2, -0.15) is 0 Å². The van der Waals surface area contributed by atoms with Gasteiger partial charge in [0.2, 0.25) is 0 Å². The summed E-state index contributed by atoms with van der Waals surface area (Å²) in [5, 5.41) is 0. The lowest BCUT2D eigenvalue weighted by Crippen LogP contribution is -2.40. The van der Waals surface area contributed by atoms with E-state index in [4.69, 9.17) is 4.98 Å². The van der Waals surface area contributed by atoms with Crippen molar-refractivity contribution in [2.75, 3.05) is 33.2 Å². The molecule has 0 unspecified atom stereocenters. The van der Waals surface area contributed by atoms with Gasteiger partial charge in [0.15, 0.2) is 0 Å². The van der Waals surface area contributed by atoms with Crippen LogP contribution in [0.25, 0.3) is 0 Å². The van der Waals surface area contributed by atoms with Crippen LogP contribution < -0.4 is 0 Å². The van der Waals surface area contributed by atoms with Gasteiger partial charge in [-0.3, -0.25) is 0 Å². The number of halogens is 1. The minimum absolute atomic E-state index is 0.155. The maximum absolute atomic E-state index is 13.0. The third kappa shape index (κ3) is 5.88. The smallest absolute Gasteiger partial charge is 0.123 e. The van der Waals surface area contributed by atoms with E-state index < -0.39 is 0 Å². The van der Waals surface area contributed by atoms with Gasteiger partial charge in [-0.1, -0.05) is 19.1 Å². The summed E-state index contributed by atoms with van der Waals surface area (Å²) in [4.78, 5) is 13.1. The van der Waals surface area contributed by atoms with Crippen molar-refractivity contribution in [1.82, 2.24) is 19.8 Å². The second-order valence-corrected chi connectivity index (χ2v) is 7.99. The van der Waals surface area contributed by atoms with E-state index in [1.54, 1.807) is 12.1 Å². The fraction of sp³-hybridized carbons (Fsp3) is 0.591. The molecule has 5 heteroatoms. The molecular formula is C22H33FN4. The summed E-state index contributed by atoms with van der Waals surface area (Å²) in [6.07, 6.45) is 4.52. The normalized spacial score (nSPS) is 18.3. The zero-order valence-corrected chi connectivity index (χ0v) is 17.0. The number of H-pyrrole nitrogens is 1. The first-order valence-electron chi connectivity index (χ1n) is 10.2. The minimum atomic E-state index is -0.155. The Morgan fingerprint density at radius 1 is 1.30 bits per heavy atom. The molecule has 0 spiro atoms. The van der Waals surface area contributed by atoms with E-state index in [0.29, 0.717) is 5.92 Å². The van der Waals surface area contributed by atoms with Crippen LogP contribution in [0, 0.1) is 18.7 Å². The number of aryl methyl sites for hydroxylation is 2. The molecule has 2 aromatic rings. The van der Waals surface area contributed by atoms with Crippen molar-refractivity contribution >= 4 is 0 Å². The van der Waals surface area contributed by atoms with Crippen LogP contribution in [0.1, 0.15) is 42.5 Å². The number of hydrogen-bond donors (Lipinski definition) is 1. The molecule has 1 atom stereocenters. The molecule has 0 aliphatic carbocycles. The fourth-order valence-electron chi connectivity index (χ4n) is 4.09. The number of likely N-dealkylation sites (tertiary alicyclic amines) is 1. The lowest BCUT2D eigenvalue weighted by molar-refractivity contribution is 0.142. The van der Waals surface area contributed by atoms with Gasteiger partial charge < -0.3 is 14.8 Å². The first-order valence-corrected chi connectivity index (χ1v) is 10.2. The predicted octanol–water partition coefficient (Wildman–Crippen LogP) is 3.81. The maximum atomic E-state index is 13.0. The molecule has 1 aromatic carbocycles. The van der Waals surface area contributed by atoms with Gasteiger partial charge in [-0.05, 0) is 63.4 Å². The molecule has 0 radical (unpaired) electrons. The van der Waals surface area contributed by atoms with E-state index >= 15 is 0 Å². The molecule has 148 valence electrons. The van der Waals surface area contributed by atoms with Crippen LogP contribution >= 0.6 is 0 Å². The van der Waals surface area contributed by atoms with Gasteiger partial charge in [0.25, 0.3) is 0 Å². The number of nitrogens with one attached hydrogen (secondary N) is 1. The monoisotopic (exact) mass is 372 g/mol. The molecule has 1 aliphatic heterocycles. The van der Waals surface area contributed by atoms with Gasteiger partial charge in [0.1, 0.15) is 11.6 Å². The van der Waals surface area contributed by atoms with Crippen molar-refractivity contribution in [2.24, 2.45) is 5.92 Å². The Labute approximate surface area is 162 Å². The summed E-state index contributed by atoms with van der Waals surface area (Å²) in [5.74, 6) is 1.64. The third-order valence-electron chi connectivity index (χ3n) is 5.59. The molecule has 0 saturated carbocycles. The summed E-state index contributed by atoms with van der Waals surface area (Å²) in [6.45, 7) is 9.67. The van der Waals surface area contributed by atoms with Crippen LogP contribution in [0.3, 0.4) is 0 Å². The average Bonchev–Trinajstić information content (AvgIpc) is 3.01.